The van der Waals surface area contributed by atoms with Crippen molar-refractivity contribution < 1.29 is 60.1 Å². The van der Waals surface area contributed by atoms with Crippen LogP contribution in [0.3, 0.4) is 0 Å². The third-order valence-electron chi connectivity index (χ3n) is 6.91. The standard InChI is InChI=1S/C25H32FN3O2.2C2HF3O2/c1-27-18-23(24(30)28(2)16-20-6-4-3-5-7-20)31-25(19-27)12-14-29(15-13-25)17-21-8-10-22(26)11-9-21;2*3-2(4,5)1(6)7/h3-11,23H,12-19H2,1-2H3;2*(H,6,7). The number of carbonyl (C=O) groups is 3. The number of carboxylic acids is 2. The average molecular weight is 654 g/mol. The van der Waals surface area contributed by atoms with Gasteiger partial charge in [-0.1, -0.05) is 42.5 Å². The van der Waals surface area contributed by atoms with Crippen molar-refractivity contribution in [3.63, 3.8) is 0 Å². The number of carboxylic acid groups (broad SMARTS) is 2. The molecule has 0 aliphatic carbocycles. The van der Waals surface area contributed by atoms with Gasteiger partial charge in [-0.25, -0.2) is 14.0 Å². The zero-order chi connectivity index (χ0) is 34.0. The van der Waals surface area contributed by atoms with Crippen molar-refractivity contribution >= 4 is 17.8 Å². The number of halogens is 7. The fourth-order valence-corrected chi connectivity index (χ4v) is 4.77. The molecule has 1 amide bonds. The predicted molar refractivity (Wildman–Crippen MR) is 146 cm³/mol. The summed E-state index contributed by atoms with van der Waals surface area (Å²) >= 11 is 0. The Morgan fingerprint density at radius 2 is 1.38 bits per heavy atom. The molecule has 1 spiro atoms. The van der Waals surface area contributed by atoms with Gasteiger partial charge in [0.25, 0.3) is 5.91 Å². The summed E-state index contributed by atoms with van der Waals surface area (Å²) in [4.78, 5) is 37.3. The first kappa shape index (κ1) is 37.4. The molecule has 0 saturated carbocycles. The second-order valence-corrected chi connectivity index (χ2v) is 10.7. The molecule has 1 atom stereocenters. The number of nitrogens with zero attached hydrogens (tertiary/aromatic N) is 3. The minimum atomic E-state index is -5.08. The lowest BCUT2D eigenvalue weighted by Crippen LogP contribution is -2.61. The molecule has 250 valence electrons. The number of hydrogen-bond acceptors (Lipinski definition) is 6. The number of benzene rings is 2. The lowest BCUT2D eigenvalue weighted by Gasteiger charge is -2.49. The molecular weight excluding hydrogens is 619 g/mol. The van der Waals surface area contributed by atoms with Gasteiger partial charge < -0.3 is 24.7 Å². The van der Waals surface area contributed by atoms with Crippen LogP contribution in [0.2, 0.25) is 0 Å². The van der Waals surface area contributed by atoms with E-state index in [1.807, 2.05) is 49.5 Å². The van der Waals surface area contributed by atoms with Gasteiger partial charge in [0.2, 0.25) is 0 Å². The summed E-state index contributed by atoms with van der Waals surface area (Å²) in [5.41, 5.74) is 1.96. The Kier molecular flexibility index (Phi) is 13.3. The first-order valence-corrected chi connectivity index (χ1v) is 13.5. The predicted octanol–water partition coefficient (Wildman–Crippen LogP) is 4.42. The molecule has 4 rings (SSSR count). The first-order valence-electron chi connectivity index (χ1n) is 13.5. The van der Waals surface area contributed by atoms with Crippen LogP contribution in [-0.2, 0) is 32.2 Å². The van der Waals surface area contributed by atoms with Gasteiger partial charge in [0.05, 0.1) is 5.60 Å². The molecule has 0 aromatic heterocycles. The number of hydrogen-bond donors (Lipinski definition) is 2. The SMILES string of the molecule is CN1CC(C(=O)N(C)Cc2ccccc2)OC2(CCN(Cc3ccc(F)cc3)CC2)C1.O=C(O)C(F)(F)F.O=C(O)C(F)(F)F. The summed E-state index contributed by atoms with van der Waals surface area (Å²) in [7, 11) is 3.93. The molecule has 2 fully saturated rings. The van der Waals surface area contributed by atoms with Crippen molar-refractivity contribution in [3.8, 4) is 0 Å². The van der Waals surface area contributed by atoms with Gasteiger partial charge in [-0.2, -0.15) is 26.3 Å². The van der Waals surface area contributed by atoms with Gasteiger partial charge in [-0.15, -0.1) is 0 Å². The van der Waals surface area contributed by atoms with Gasteiger partial charge in [0.1, 0.15) is 11.9 Å². The van der Waals surface area contributed by atoms with Crippen LogP contribution in [0.1, 0.15) is 24.0 Å². The van der Waals surface area contributed by atoms with Crippen LogP contribution in [0.5, 0.6) is 0 Å². The fraction of sp³-hybridized carbons (Fsp3) is 0.483. The zero-order valence-electron chi connectivity index (χ0n) is 24.4. The molecule has 2 heterocycles. The van der Waals surface area contributed by atoms with Crippen LogP contribution in [0.25, 0.3) is 0 Å². The topological polar surface area (TPSA) is 111 Å². The summed E-state index contributed by atoms with van der Waals surface area (Å²) in [5, 5.41) is 14.2. The highest BCUT2D eigenvalue weighted by Gasteiger charge is 2.44. The Morgan fingerprint density at radius 3 is 1.84 bits per heavy atom. The van der Waals surface area contributed by atoms with Crippen LogP contribution < -0.4 is 0 Å². The molecule has 2 aliphatic heterocycles. The minimum Gasteiger partial charge on any atom is -0.475 e. The number of alkyl halides is 6. The van der Waals surface area contributed by atoms with Crippen LogP contribution in [0, 0.1) is 5.82 Å². The molecule has 0 bridgehead atoms. The smallest absolute Gasteiger partial charge is 0.475 e. The molecule has 45 heavy (non-hydrogen) atoms. The van der Waals surface area contributed by atoms with Gasteiger partial charge in [0, 0.05) is 46.3 Å². The number of aliphatic carboxylic acids is 2. The third kappa shape index (κ3) is 12.6. The highest BCUT2D eigenvalue weighted by Crippen LogP contribution is 2.33. The number of likely N-dealkylation sites (N-methyl/N-ethyl adjacent to an activating group) is 2. The maximum atomic E-state index is 13.2. The van der Waals surface area contributed by atoms with Crippen molar-refractivity contribution in [2.24, 2.45) is 0 Å². The maximum Gasteiger partial charge on any atom is 0.490 e. The molecule has 2 aromatic carbocycles. The molecule has 16 heteroatoms. The van der Waals surface area contributed by atoms with Crippen molar-refractivity contribution in [1.29, 1.82) is 0 Å². The van der Waals surface area contributed by atoms with E-state index in [0.717, 1.165) is 50.1 Å². The van der Waals surface area contributed by atoms with Gasteiger partial charge in [0.15, 0.2) is 0 Å². The summed E-state index contributed by atoms with van der Waals surface area (Å²) in [5.74, 6) is -5.67. The number of piperidine rings is 1. The summed E-state index contributed by atoms with van der Waals surface area (Å²) in [6.07, 6.45) is -8.81. The lowest BCUT2D eigenvalue weighted by atomic mass is 9.88. The van der Waals surface area contributed by atoms with Gasteiger partial charge >= 0.3 is 24.3 Å². The average Bonchev–Trinajstić information content (AvgIpc) is 2.95. The Hall–Kier alpha value is -3.76. The minimum absolute atomic E-state index is 0.0449. The molecule has 1 unspecified atom stereocenters. The number of morpholine rings is 1. The van der Waals surface area contributed by atoms with E-state index in [1.54, 1.807) is 4.90 Å². The van der Waals surface area contributed by atoms with E-state index in [1.165, 1.54) is 12.1 Å². The summed E-state index contributed by atoms with van der Waals surface area (Å²) in [6.45, 7) is 4.69. The number of ether oxygens (including phenoxy) is 1. The van der Waals surface area contributed by atoms with E-state index >= 15 is 0 Å². The van der Waals surface area contributed by atoms with Crippen LogP contribution in [-0.4, -0.2) is 107 Å². The van der Waals surface area contributed by atoms with Crippen molar-refractivity contribution in [3.05, 3.63) is 71.5 Å². The normalized spacial score (nSPS) is 18.6. The Labute approximate surface area is 254 Å². The Morgan fingerprint density at radius 1 is 0.889 bits per heavy atom. The van der Waals surface area contributed by atoms with Gasteiger partial charge in [-0.05, 0) is 43.1 Å². The van der Waals surface area contributed by atoms with Crippen LogP contribution in [0.15, 0.2) is 54.6 Å². The Bertz CT molecular complexity index is 1230. The van der Waals surface area contributed by atoms with E-state index in [0.29, 0.717) is 13.1 Å². The second-order valence-electron chi connectivity index (χ2n) is 10.7. The van der Waals surface area contributed by atoms with E-state index in [2.05, 4.69) is 16.8 Å². The van der Waals surface area contributed by atoms with Crippen molar-refractivity contribution in [2.75, 3.05) is 40.3 Å². The second kappa shape index (κ2) is 16.0. The van der Waals surface area contributed by atoms with E-state index in [9.17, 15) is 35.5 Å². The number of amides is 1. The molecular formula is C29H34F7N3O6. The fourth-order valence-electron chi connectivity index (χ4n) is 4.77. The molecule has 2 saturated heterocycles. The highest BCUT2D eigenvalue weighted by atomic mass is 19.4. The van der Waals surface area contributed by atoms with Crippen molar-refractivity contribution in [1.82, 2.24) is 14.7 Å². The Balaban J connectivity index is 0.000000421. The van der Waals surface area contributed by atoms with Crippen LogP contribution >= 0.6 is 0 Å². The molecule has 2 aromatic rings. The molecule has 2 N–H and O–H groups in total. The van der Waals surface area contributed by atoms with Crippen molar-refractivity contribution in [2.45, 2.75) is 50.0 Å². The monoisotopic (exact) mass is 653 g/mol. The van der Waals surface area contributed by atoms with Gasteiger partial charge in [-0.3, -0.25) is 9.69 Å². The zero-order valence-corrected chi connectivity index (χ0v) is 24.4. The van der Waals surface area contributed by atoms with E-state index in [4.69, 9.17) is 24.5 Å². The molecule has 0 radical (unpaired) electrons. The maximum absolute atomic E-state index is 13.2. The largest absolute Gasteiger partial charge is 0.490 e. The third-order valence-corrected chi connectivity index (χ3v) is 6.91. The van der Waals surface area contributed by atoms with E-state index in [-0.39, 0.29) is 17.3 Å². The quantitative estimate of drug-likeness (QED) is 0.457. The number of carbonyl (C=O) groups excluding carboxylic acids is 1. The number of likely N-dealkylation sites (tertiary alicyclic amines) is 1. The molecule has 2 aliphatic rings. The summed E-state index contributed by atoms with van der Waals surface area (Å²) in [6, 6.07) is 16.8. The highest BCUT2D eigenvalue weighted by molar-refractivity contribution is 5.81. The first-order chi connectivity index (χ1) is 20.8. The molecule has 9 nitrogen and oxygen atoms in total. The van der Waals surface area contributed by atoms with Crippen LogP contribution in [0.4, 0.5) is 30.7 Å². The van der Waals surface area contributed by atoms with E-state index < -0.39 is 30.4 Å². The lowest BCUT2D eigenvalue weighted by molar-refractivity contribution is -0.193. The number of rotatable bonds is 5. The summed E-state index contributed by atoms with van der Waals surface area (Å²) < 4.78 is 83.1.